The van der Waals surface area contributed by atoms with Crippen LogP contribution in [0, 0.1) is 0 Å². The predicted molar refractivity (Wildman–Crippen MR) is 91.3 cm³/mol. The van der Waals surface area contributed by atoms with Crippen LogP contribution in [-0.2, 0) is 15.6 Å². The van der Waals surface area contributed by atoms with E-state index in [9.17, 15) is 9.90 Å². The van der Waals surface area contributed by atoms with Crippen molar-refractivity contribution in [1.29, 1.82) is 0 Å². The number of benzene rings is 1. The van der Waals surface area contributed by atoms with Crippen molar-refractivity contribution in [2.45, 2.75) is 77.0 Å². The largest absolute Gasteiger partial charge is 0.507 e. The molecule has 0 fully saturated rings. The van der Waals surface area contributed by atoms with Crippen LogP contribution in [0.25, 0.3) is 0 Å². The van der Waals surface area contributed by atoms with Crippen molar-refractivity contribution in [2.75, 3.05) is 0 Å². The molecule has 0 radical (unpaired) electrons. The Morgan fingerprint density at radius 3 is 1.81 bits per heavy atom. The molecule has 1 rings (SSSR count). The Hall–Kier alpha value is -0.960. The zero-order valence-corrected chi connectivity index (χ0v) is 15.1. The summed E-state index contributed by atoms with van der Waals surface area (Å²) in [6.07, 6.45) is 1.45. The third-order valence-corrected chi connectivity index (χ3v) is 4.29. The minimum atomic E-state index is -0.158. The van der Waals surface area contributed by atoms with E-state index < -0.39 is 0 Å². The highest BCUT2D eigenvalue weighted by atomic mass is 32.2. The Morgan fingerprint density at radius 2 is 1.48 bits per heavy atom. The first-order chi connectivity index (χ1) is 9.46. The molecule has 3 heteroatoms. The number of hydrogen-bond acceptors (Lipinski definition) is 3. The van der Waals surface area contributed by atoms with E-state index in [1.54, 1.807) is 0 Å². The SMILES string of the molecule is CCCC(=O)Sc1cc(C(C)(C)C)c(O)c(C(C)(C)C)c1. The number of aromatic hydroxyl groups is 1. The molecule has 0 saturated carbocycles. The Balaban J connectivity index is 3.37. The van der Waals surface area contributed by atoms with E-state index >= 15 is 0 Å². The van der Waals surface area contributed by atoms with Gasteiger partial charge in [0.25, 0.3) is 0 Å². The van der Waals surface area contributed by atoms with Crippen molar-refractivity contribution in [3.63, 3.8) is 0 Å². The molecule has 0 amide bonds. The molecule has 0 aromatic heterocycles. The topological polar surface area (TPSA) is 37.3 Å². The molecule has 0 bridgehead atoms. The number of hydrogen-bond donors (Lipinski definition) is 1. The van der Waals surface area contributed by atoms with Gasteiger partial charge in [0.05, 0.1) is 0 Å². The fourth-order valence-corrected chi connectivity index (χ4v) is 3.12. The van der Waals surface area contributed by atoms with Gasteiger partial charge in [-0.3, -0.25) is 4.79 Å². The Labute approximate surface area is 133 Å². The average Bonchev–Trinajstić information content (AvgIpc) is 2.28. The maximum absolute atomic E-state index is 11.9. The molecule has 1 N–H and O–H groups in total. The molecule has 0 aliphatic rings. The quantitative estimate of drug-likeness (QED) is 0.759. The molecule has 21 heavy (non-hydrogen) atoms. The summed E-state index contributed by atoms with van der Waals surface area (Å²) in [6, 6.07) is 3.92. The highest BCUT2D eigenvalue weighted by Gasteiger charge is 2.27. The lowest BCUT2D eigenvalue weighted by Gasteiger charge is -2.28. The Kier molecular flexibility index (Phi) is 5.54. The summed E-state index contributed by atoms with van der Waals surface area (Å²) < 4.78 is 0. The van der Waals surface area contributed by atoms with Gasteiger partial charge in [-0.25, -0.2) is 0 Å². The molecule has 0 spiro atoms. The lowest BCUT2D eigenvalue weighted by molar-refractivity contribution is -0.111. The van der Waals surface area contributed by atoms with Crippen LogP contribution in [0.15, 0.2) is 17.0 Å². The van der Waals surface area contributed by atoms with E-state index in [1.165, 1.54) is 11.8 Å². The second kappa shape index (κ2) is 6.43. The van der Waals surface area contributed by atoms with Gasteiger partial charge in [-0.05, 0) is 29.4 Å². The first kappa shape index (κ1) is 18.1. The lowest BCUT2D eigenvalue weighted by Crippen LogP contribution is -2.17. The van der Waals surface area contributed by atoms with Gasteiger partial charge in [0.2, 0.25) is 0 Å². The lowest BCUT2D eigenvalue weighted by atomic mass is 9.79. The smallest absolute Gasteiger partial charge is 0.193 e. The van der Waals surface area contributed by atoms with E-state index in [4.69, 9.17) is 0 Å². The average molecular weight is 308 g/mol. The van der Waals surface area contributed by atoms with Gasteiger partial charge in [-0.2, -0.15) is 0 Å². The zero-order valence-electron chi connectivity index (χ0n) is 14.3. The van der Waals surface area contributed by atoms with Crippen molar-refractivity contribution >= 4 is 16.9 Å². The highest BCUT2D eigenvalue weighted by molar-refractivity contribution is 8.13. The first-order valence-electron chi connectivity index (χ1n) is 7.55. The van der Waals surface area contributed by atoms with E-state index in [-0.39, 0.29) is 15.9 Å². The van der Waals surface area contributed by atoms with Gasteiger partial charge in [-0.1, -0.05) is 60.2 Å². The maximum atomic E-state index is 11.9. The normalized spacial score (nSPS) is 12.5. The second-order valence-corrected chi connectivity index (χ2v) is 8.72. The molecule has 0 aliphatic heterocycles. The van der Waals surface area contributed by atoms with Crippen LogP contribution in [0.2, 0.25) is 0 Å². The van der Waals surface area contributed by atoms with Crippen LogP contribution in [0.3, 0.4) is 0 Å². The number of carbonyl (C=O) groups is 1. The number of thioether (sulfide) groups is 1. The van der Waals surface area contributed by atoms with Gasteiger partial charge in [-0.15, -0.1) is 0 Å². The molecular formula is C18H28O2S. The first-order valence-corrected chi connectivity index (χ1v) is 8.37. The van der Waals surface area contributed by atoms with Crippen molar-refractivity contribution in [1.82, 2.24) is 0 Å². The zero-order chi connectivity index (χ0) is 16.4. The molecule has 0 atom stereocenters. The summed E-state index contributed by atoms with van der Waals surface area (Å²) in [4.78, 5) is 12.9. The van der Waals surface area contributed by atoms with Gasteiger partial charge < -0.3 is 5.11 Å². The molecule has 0 unspecified atom stereocenters. The second-order valence-electron chi connectivity index (χ2n) is 7.59. The van der Waals surface area contributed by atoms with E-state index in [2.05, 4.69) is 41.5 Å². The third-order valence-electron chi connectivity index (χ3n) is 3.39. The van der Waals surface area contributed by atoms with Crippen LogP contribution in [0.5, 0.6) is 5.75 Å². The van der Waals surface area contributed by atoms with E-state index in [0.717, 1.165) is 22.4 Å². The molecule has 118 valence electrons. The molecule has 1 aromatic rings. The third kappa shape index (κ3) is 4.77. The van der Waals surface area contributed by atoms with E-state index in [0.29, 0.717) is 12.2 Å². The summed E-state index contributed by atoms with van der Waals surface area (Å²) in [5.41, 5.74) is 1.49. The maximum Gasteiger partial charge on any atom is 0.193 e. The van der Waals surface area contributed by atoms with Crippen molar-refractivity contribution in [3.05, 3.63) is 23.3 Å². The molecule has 0 aliphatic carbocycles. The highest BCUT2D eigenvalue weighted by Crippen LogP contribution is 2.41. The van der Waals surface area contributed by atoms with Crippen LogP contribution in [0.4, 0.5) is 0 Å². The molecular weight excluding hydrogens is 280 g/mol. The van der Waals surface area contributed by atoms with Crippen molar-refractivity contribution < 1.29 is 9.90 Å². The van der Waals surface area contributed by atoms with Crippen LogP contribution in [0.1, 0.15) is 72.4 Å². The summed E-state index contributed by atoms with van der Waals surface area (Å²) in [6.45, 7) is 14.5. The molecule has 2 nitrogen and oxygen atoms in total. The van der Waals surface area contributed by atoms with Crippen molar-refractivity contribution in [3.8, 4) is 5.75 Å². The number of phenolic OH excluding ortho intramolecular Hbond substituents is 1. The van der Waals surface area contributed by atoms with Gasteiger partial charge in [0, 0.05) is 22.4 Å². The monoisotopic (exact) mass is 308 g/mol. The van der Waals surface area contributed by atoms with Crippen LogP contribution in [-0.4, -0.2) is 10.2 Å². The molecule has 1 aromatic carbocycles. The van der Waals surface area contributed by atoms with E-state index in [1.807, 2.05) is 19.1 Å². The summed E-state index contributed by atoms with van der Waals surface area (Å²) in [5.74, 6) is 0.363. The van der Waals surface area contributed by atoms with Gasteiger partial charge in [0.15, 0.2) is 5.12 Å². The fourth-order valence-electron chi connectivity index (χ4n) is 2.20. The summed E-state index contributed by atoms with van der Waals surface area (Å²) in [5, 5.41) is 10.8. The molecule has 0 heterocycles. The molecule has 0 saturated heterocycles. The fraction of sp³-hybridized carbons (Fsp3) is 0.611. The van der Waals surface area contributed by atoms with Crippen LogP contribution >= 0.6 is 11.8 Å². The minimum Gasteiger partial charge on any atom is -0.507 e. The van der Waals surface area contributed by atoms with Gasteiger partial charge in [0.1, 0.15) is 5.75 Å². The summed E-state index contributed by atoms with van der Waals surface area (Å²) in [7, 11) is 0. The standard InChI is InChI=1S/C18H28O2S/c1-8-9-15(19)21-12-10-13(17(2,3)4)16(20)14(11-12)18(5,6)7/h10-11,20H,8-9H2,1-7H3. The predicted octanol–water partition coefficient (Wildman–Crippen LogP) is 5.41. The Bertz CT molecular complexity index is 484. The minimum absolute atomic E-state index is 0.158. The number of phenols is 1. The number of carbonyl (C=O) groups excluding carboxylic acids is 1. The Morgan fingerprint density at radius 1 is 1.05 bits per heavy atom. The van der Waals surface area contributed by atoms with Crippen LogP contribution < -0.4 is 0 Å². The number of rotatable bonds is 3. The van der Waals surface area contributed by atoms with Crippen molar-refractivity contribution in [2.24, 2.45) is 0 Å². The summed E-state index contributed by atoms with van der Waals surface area (Å²) >= 11 is 1.29. The van der Waals surface area contributed by atoms with Gasteiger partial charge >= 0.3 is 0 Å².